The monoisotopic (exact) mass is 292 g/mol. The van der Waals surface area contributed by atoms with Crippen LogP contribution in [-0.2, 0) is 10.0 Å². The zero-order valence-corrected chi connectivity index (χ0v) is 11.2. The Balaban J connectivity index is 3.18. The summed E-state index contributed by atoms with van der Waals surface area (Å²) in [6.07, 6.45) is 0. The molecule has 0 saturated heterocycles. The Labute approximate surface area is 110 Å². The van der Waals surface area contributed by atoms with Crippen molar-refractivity contribution in [3.05, 3.63) is 22.2 Å². The molecular formula is C10H10Cl2N2O2S. The smallest absolute Gasteiger partial charge is 0.244 e. The van der Waals surface area contributed by atoms with Crippen molar-refractivity contribution in [2.45, 2.75) is 11.8 Å². The van der Waals surface area contributed by atoms with Gasteiger partial charge < -0.3 is 5.73 Å². The van der Waals surface area contributed by atoms with E-state index in [1.54, 1.807) is 6.92 Å². The number of benzene rings is 1. The van der Waals surface area contributed by atoms with Gasteiger partial charge in [-0.05, 0) is 19.1 Å². The van der Waals surface area contributed by atoms with E-state index in [2.05, 4.69) is 16.6 Å². The van der Waals surface area contributed by atoms with E-state index in [0.717, 1.165) is 0 Å². The molecule has 0 saturated carbocycles. The van der Waals surface area contributed by atoms with Crippen LogP contribution in [0.25, 0.3) is 0 Å². The highest BCUT2D eigenvalue weighted by molar-refractivity contribution is 7.89. The number of rotatable bonds is 3. The van der Waals surface area contributed by atoms with Crippen molar-refractivity contribution in [3.63, 3.8) is 0 Å². The van der Waals surface area contributed by atoms with Crippen LogP contribution in [0.3, 0.4) is 0 Å². The third kappa shape index (κ3) is 3.51. The summed E-state index contributed by atoms with van der Waals surface area (Å²) in [5.41, 5.74) is 5.79. The molecule has 0 aromatic heterocycles. The molecule has 0 spiro atoms. The van der Waals surface area contributed by atoms with E-state index < -0.39 is 10.0 Å². The fourth-order valence-corrected chi connectivity index (χ4v) is 3.28. The minimum atomic E-state index is -3.78. The van der Waals surface area contributed by atoms with Gasteiger partial charge in [0, 0.05) is 5.69 Å². The number of sulfonamides is 1. The predicted octanol–water partition coefficient (Wildman–Crippen LogP) is 1.88. The largest absolute Gasteiger partial charge is 0.399 e. The van der Waals surface area contributed by atoms with E-state index >= 15 is 0 Å². The van der Waals surface area contributed by atoms with Crippen LogP contribution in [0.4, 0.5) is 5.69 Å². The van der Waals surface area contributed by atoms with E-state index in [1.807, 2.05) is 0 Å². The normalized spacial score (nSPS) is 10.8. The molecule has 0 amide bonds. The topological polar surface area (TPSA) is 72.2 Å². The Morgan fingerprint density at radius 2 is 1.88 bits per heavy atom. The summed E-state index contributed by atoms with van der Waals surface area (Å²) < 4.78 is 26.0. The van der Waals surface area contributed by atoms with Gasteiger partial charge in [0.25, 0.3) is 0 Å². The molecule has 0 aliphatic carbocycles. The fourth-order valence-electron chi connectivity index (χ4n) is 1.13. The number of hydrogen-bond acceptors (Lipinski definition) is 3. The average molecular weight is 293 g/mol. The van der Waals surface area contributed by atoms with Crippen molar-refractivity contribution in [2.24, 2.45) is 0 Å². The van der Waals surface area contributed by atoms with E-state index in [1.165, 1.54) is 12.1 Å². The molecule has 1 aromatic rings. The standard InChI is InChI=1S/C10H10Cl2N2O2S/c1-2-3-4-14-17(15,16)10-8(11)5-7(13)6-9(10)12/h5-6,14H,4,13H2,1H3. The van der Waals surface area contributed by atoms with Crippen LogP contribution in [0.1, 0.15) is 6.92 Å². The molecule has 7 heteroatoms. The van der Waals surface area contributed by atoms with E-state index in [0.29, 0.717) is 5.69 Å². The first kappa shape index (κ1) is 14.1. The zero-order chi connectivity index (χ0) is 13.1. The minimum Gasteiger partial charge on any atom is -0.399 e. The Morgan fingerprint density at radius 1 is 1.35 bits per heavy atom. The van der Waals surface area contributed by atoms with Gasteiger partial charge >= 0.3 is 0 Å². The third-order valence-electron chi connectivity index (χ3n) is 1.82. The van der Waals surface area contributed by atoms with Crippen LogP contribution < -0.4 is 10.5 Å². The molecule has 0 bridgehead atoms. The van der Waals surface area contributed by atoms with Gasteiger partial charge in [0.1, 0.15) is 4.90 Å². The SMILES string of the molecule is CC#CCNS(=O)(=O)c1c(Cl)cc(N)cc1Cl. The van der Waals surface area contributed by atoms with Gasteiger partial charge in [0.2, 0.25) is 10.0 Å². The lowest BCUT2D eigenvalue weighted by molar-refractivity contribution is 0.586. The highest BCUT2D eigenvalue weighted by Gasteiger charge is 2.21. The molecule has 4 nitrogen and oxygen atoms in total. The fraction of sp³-hybridized carbons (Fsp3) is 0.200. The molecule has 1 aromatic carbocycles. The van der Waals surface area contributed by atoms with Crippen molar-refractivity contribution in [2.75, 3.05) is 12.3 Å². The van der Waals surface area contributed by atoms with Gasteiger partial charge in [0.15, 0.2) is 0 Å². The van der Waals surface area contributed by atoms with Crippen LogP contribution in [0.15, 0.2) is 17.0 Å². The maximum absolute atomic E-state index is 11.9. The van der Waals surface area contributed by atoms with Crippen LogP contribution in [0.5, 0.6) is 0 Å². The maximum Gasteiger partial charge on any atom is 0.244 e. The first-order valence-corrected chi connectivity index (χ1v) is 6.76. The minimum absolute atomic E-state index is 0.00410. The quantitative estimate of drug-likeness (QED) is 0.660. The summed E-state index contributed by atoms with van der Waals surface area (Å²) in [5.74, 6) is 5.14. The lowest BCUT2D eigenvalue weighted by atomic mass is 10.3. The van der Waals surface area contributed by atoms with Crippen molar-refractivity contribution < 1.29 is 8.42 Å². The van der Waals surface area contributed by atoms with E-state index in [-0.39, 0.29) is 21.5 Å². The molecule has 0 atom stereocenters. The molecule has 1 rings (SSSR count). The molecule has 0 unspecified atom stereocenters. The van der Waals surface area contributed by atoms with E-state index in [9.17, 15) is 8.42 Å². The number of nitrogens with one attached hydrogen (secondary N) is 1. The molecule has 0 fully saturated rings. The molecule has 0 radical (unpaired) electrons. The first-order chi connectivity index (χ1) is 7.88. The molecule has 0 heterocycles. The van der Waals surface area contributed by atoms with Crippen LogP contribution in [0, 0.1) is 11.8 Å². The second-order valence-corrected chi connectivity index (χ2v) is 5.58. The Hall–Kier alpha value is -0.930. The summed E-state index contributed by atoms with van der Waals surface area (Å²) in [6, 6.07) is 2.65. The molecule has 0 aliphatic rings. The number of nitrogen functional groups attached to an aromatic ring is 1. The summed E-state index contributed by atoms with van der Waals surface area (Å²) in [7, 11) is -3.78. The maximum atomic E-state index is 11.9. The number of hydrogen-bond donors (Lipinski definition) is 2. The first-order valence-electron chi connectivity index (χ1n) is 4.52. The highest BCUT2D eigenvalue weighted by Crippen LogP contribution is 2.31. The predicted molar refractivity (Wildman–Crippen MR) is 69.5 cm³/mol. The average Bonchev–Trinajstić information content (AvgIpc) is 2.15. The highest BCUT2D eigenvalue weighted by atomic mass is 35.5. The van der Waals surface area contributed by atoms with Crippen molar-refractivity contribution in [1.29, 1.82) is 0 Å². The third-order valence-corrected chi connectivity index (χ3v) is 4.14. The molecule has 17 heavy (non-hydrogen) atoms. The Bertz CT molecular complexity index is 565. The van der Waals surface area contributed by atoms with Crippen molar-refractivity contribution >= 4 is 38.9 Å². The van der Waals surface area contributed by atoms with Crippen molar-refractivity contribution in [3.8, 4) is 11.8 Å². The summed E-state index contributed by atoms with van der Waals surface area (Å²) in [6.45, 7) is 1.60. The molecule has 92 valence electrons. The zero-order valence-electron chi connectivity index (χ0n) is 8.92. The molecular weight excluding hydrogens is 283 g/mol. The van der Waals surface area contributed by atoms with Crippen LogP contribution >= 0.6 is 23.2 Å². The summed E-state index contributed by atoms with van der Waals surface area (Å²) in [4.78, 5) is -0.187. The Kier molecular flexibility index (Phi) is 4.66. The van der Waals surface area contributed by atoms with Gasteiger partial charge in [0.05, 0.1) is 16.6 Å². The molecule has 0 aliphatic heterocycles. The van der Waals surface area contributed by atoms with Crippen LogP contribution in [-0.4, -0.2) is 15.0 Å². The number of halogens is 2. The Morgan fingerprint density at radius 3 is 2.35 bits per heavy atom. The summed E-state index contributed by atoms with van der Waals surface area (Å²) >= 11 is 11.6. The van der Waals surface area contributed by atoms with Crippen molar-refractivity contribution in [1.82, 2.24) is 4.72 Å². The van der Waals surface area contributed by atoms with Crippen LogP contribution in [0.2, 0.25) is 10.0 Å². The number of anilines is 1. The second-order valence-electron chi connectivity index (χ2n) is 3.07. The van der Waals surface area contributed by atoms with E-state index in [4.69, 9.17) is 28.9 Å². The molecule has 3 N–H and O–H groups in total. The van der Waals surface area contributed by atoms with Gasteiger partial charge in [-0.25, -0.2) is 8.42 Å². The van der Waals surface area contributed by atoms with Gasteiger partial charge in [-0.1, -0.05) is 29.1 Å². The van der Waals surface area contributed by atoms with Gasteiger partial charge in [-0.2, -0.15) is 4.72 Å². The lowest BCUT2D eigenvalue weighted by Gasteiger charge is -2.09. The number of nitrogens with two attached hydrogens (primary N) is 1. The summed E-state index contributed by atoms with van der Waals surface area (Å²) in [5, 5.41) is -0.0427. The van der Waals surface area contributed by atoms with Gasteiger partial charge in [-0.15, -0.1) is 5.92 Å². The van der Waals surface area contributed by atoms with Gasteiger partial charge in [-0.3, -0.25) is 0 Å². The lowest BCUT2D eigenvalue weighted by Crippen LogP contribution is -2.24. The second kappa shape index (κ2) is 5.61.